The van der Waals surface area contributed by atoms with Gasteiger partial charge in [-0.3, -0.25) is 18.6 Å². The van der Waals surface area contributed by atoms with Crippen LogP contribution in [0.1, 0.15) is 136 Å². The van der Waals surface area contributed by atoms with Crippen molar-refractivity contribution < 1.29 is 52.9 Å². The lowest BCUT2D eigenvalue weighted by Crippen LogP contribution is -2.29. The molecular formula is C46H75O11P. The van der Waals surface area contributed by atoms with Crippen molar-refractivity contribution in [1.82, 2.24) is 0 Å². The summed E-state index contributed by atoms with van der Waals surface area (Å²) in [7, 11) is -4.66. The van der Waals surface area contributed by atoms with Gasteiger partial charge in [-0.05, 0) is 83.5 Å². The zero-order chi connectivity index (χ0) is 42.8. The fourth-order valence-corrected chi connectivity index (χ4v) is 5.78. The first-order valence-corrected chi connectivity index (χ1v) is 22.8. The Morgan fingerprint density at radius 2 is 1.14 bits per heavy atom. The molecule has 0 bridgehead atoms. The second-order valence-corrected chi connectivity index (χ2v) is 15.3. The quantitative estimate of drug-likeness (QED) is 0.0154. The van der Waals surface area contributed by atoms with Gasteiger partial charge in [0.05, 0.1) is 25.9 Å². The van der Waals surface area contributed by atoms with Gasteiger partial charge in [-0.2, -0.15) is 0 Å². The van der Waals surface area contributed by atoms with Crippen LogP contribution in [0.4, 0.5) is 0 Å². The van der Waals surface area contributed by atoms with Crippen LogP contribution in [0.25, 0.3) is 0 Å². The first-order chi connectivity index (χ1) is 28.1. The van der Waals surface area contributed by atoms with E-state index in [2.05, 4.69) is 54.0 Å². The van der Waals surface area contributed by atoms with Gasteiger partial charge >= 0.3 is 19.8 Å². The molecule has 330 valence electrons. The van der Waals surface area contributed by atoms with Crippen LogP contribution in [0.15, 0.2) is 97.2 Å². The van der Waals surface area contributed by atoms with Crippen LogP contribution in [0.2, 0.25) is 0 Å². The first kappa shape index (κ1) is 54.9. The molecule has 0 fully saturated rings. The molecule has 4 N–H and O–H groups in total. The second-order valence-electron chi connectivity index (χ2n) is 13.8. The zero-order valence-electron chi connectivity index (χ0n) is 35.3. The third kappa shape index (κ3) is 39.7. The number of hydrogen-bond acceptors (Lipinski definition) is 10. The van der Waals surface area contributed by atoms with Crippen molar-refractivity contribution in [3.63, 3.8) is 0 Å². The van der Waals surface area contributed by atoms with E-state index >= 15 is 0 Å². The van der Waals surface area contributed by atoms with Gasteiger partial charge in [0.15, 0.2) is 6.10 Å². The van der Waals surface area contributed by atoms with Gasteiger partial charge in [-0.15, -0.1) is 0 Å². The van der Waals surface area contributed by atoms with Crippen LogP contribution in [0.5, 0.6) is 0 Å². The molecule has 0 heterocycles. The Kier molecular flexibility index (Phi) is 38.4. The maximum atomic E-state index is 12.6. The largest absolute Gasteiger partial charge is 0.472 e. The third-order valence-corrected chi connectivity index (χ3v) is 9.25. The number of phosphoric ester groups is 1. The van der Waals surface area contributed by atoms with Crippen LogP contribution in [0, 0.1) is 0 Å². The lowest BCUT2D eigenvalue weighted by Gasteiger charge is -2.20. The van der Waals surface area contributed by atoms with E-state index in [9.17, 15) is 29.3 Å². The first-order valence-electron chi connectivity index (χ1n) is 21.3. The number of allylic oxidation sites excluding steroid dienone is 14. The van der Waals surface area contributed by atoms with Crippen LogP contribution < -0.4 is 0 Å². The van der Waals surface area contributed by atoms with Crippen LogP contribution in [-0.4, -0.2) is 76.9 Å². The molecule has 0 aliphatic carbocycles. The number of rotatable bonds is 38. The predicted octanol–water partition coefficient (Wildman–Crippen LogP) is 10.2. The van der Waals surface area contributed by atoms with Gasteiger partial charge in [0.2, 0.25) is 0 Å². The summed E-state index contributed by atoms with van der Waals surface area (Å²) in [4.78, 5) is 35.0. The number of hydrogen-bond donors (Lipinski definition) is 4. The van der Waals surface area contributed by atoms with Crippen molar-refractivity contribution in [1.29, 1.82) is 0 Å². The topological polar surface area (TPSA) is 169 Å². The molecule has 12 heteroatoms. The van der Waals surface area contributed by atoms with Crippen molar-refractivity contribution in [3.8, 4) is 0 Å². The number of aliphatic hydroxyl groups excluding tert-OH is 3. The molecule has 0 spiro atoms. The van der Waals surface area contributed by atoms with E-state index < -0.39 is 57.9 Å². The lowest BCUT2D eigenvalue weighted by molar-refractivity contribution is -0.161. The van der Waals surface area contributed by atoms with Gasteiger partial charge in [0, 0.05) is 12.8 Å². The van der Waals surface area contributed by atoms with Crippen molar-refractivity contribution in [3.05, 3.63) is 97.2 Å². The van der Waals surface area contributed by atoms with Crippen molar-refractivity contribution in [2.45, 2.75) is 154 Å². The molecule has 0 aromatic carbocycles. The average molecular weight is 835 g/mol. The van der Waals surface area contributed by atoms with E-state index in [4.69, 9.17) is 19.1 Å². The summed E-state index contributed by atoms with van der Waals surface area (Å²) in [6.45, 7) is 1.98. The number of aliphatic hydroxyl groups is 3. The monoisotopic (exact) mass is 835 g/mol. The molecule has 0 amide bonds. The number of ether oxygens (including phenoxy) is 2. The highest BCUT2D eigenvalue weighted by Gasteiger charge is 2.27. The molecule has 0 radical (unpaired) electrons. The van der Waals surface area contributed by atoms with Gasteiger partial charge in [-0.25, -0.2) is 4.57 Å². The summed E-state index contributed by atoms with van der Waals surface area (Å²) in [5, 5.41) is 28.1. The summed E-state index contributed by atoms with van der Waals surface area (Å²) >= 11 is 0. The van der Waals surface area contributed by atoms with Crippen LogP contribution in [0.3, 0.4) is 0 Å². The molecule has 11 nitrogen and oxygen atoms in total. The summed E-state index contributed by atoms with van der Waals surface area (Å²) in [5.41, 5.74) is 0. The minimum Gasteiger partial charge on any atom is -0.462 e. The number of carbonyl (C=O) groups is 2. The molecule has 0 rings (SSSR count). The Hall–Kier alpha value is -3.15. The molecule has 0 aromatic rings. The minimum absolute atomic E-state index is 0.0770. The molecule has 2 unspecified atom stereocenters. The number of esters is 2. The SMILES string of the molecule is CC/C=C\C(O)C/C=C/C=C\C/C=C\C/C=C\CCCC(=O)O[C@H](COC(=O)CCCCCC/C=C\C/C=C\C/C=C\CCCCC)COP(=O)(O)OC[C@@H](O)CO. The number of phosphoric acid groups is 1. The van der Waals surface area contributed by atoms with E-state index in [-0.39, 0.29) is 19.4 Å². The molecule has 0 aliphatic rings. The molecule has 58 heavy (non-hydrogen) atoms. The second kappa shape index (κ2) is 40.6. The summed E-state index contributed by atoms with van der Waals surface area (Å²) in [6, 6.07) is 0. The van der Waals surface area contributed by atoms with Crippen molar-refractivity contribution in [2.75, 3.05) is 26.4 Å². The predicted molar refractivity (Wildman–Crippen MR) is 234 cm³/mol. The Labute approximate surface area is 349 Å². The fourth-order valence-electron chi connectivity index (χ4n) is 4.99. The maximum Gasteiger partial charge on any atom is 0.472 e. The summed E-state index contributed by atoms with van der Waals surface area (Å²) in [6.07, 6.45) is 45.7. The molecule has 0 saturated carbocycles. The highest BCUT2D eigenvalue weighted by Crippen LogP contribution is 2.43. The van der Waals surface area contributed by atoms with Gasteiger partial charge in [0.25, 0.3) is 0 Å². The van der Waals surface area contributed by atoms with E-state index in [0.717, 1.165) is 64.2 Å². The normalized spacial score (nSPS) is 15.3. The smallest absolute Gasteiger partial charge is 0.462 e. The Morgan fingerprint density at radius 1 is 0.603 bits per heavy atom. The lowest BCUT2D eigenvalue weighted by atomic mass is 10.1. The van der Waals surface area contributed by atoms with Crippen LogP contribution >= 0.6 is 7.82 Å². The van der Waals surface area contributed by atoms with Gasteiger partial charge < -0.3 is 29.7 Å². The number of unbranched alkanes of at least 4 members (excludes halogenated alkanes) is 8. The van der Waals surface area contributed by atoms with E-state index in [0.29, 0.717) is 25.7 Å². The van der Waals surface area contributed by atoms with E-state index in [1.165, 1.54) is 19.3 Å². The van der Waals surface area contributed by atoms with Gasteiger partial charge in [0.1, 0.15) is 12.7 Å². The van der Waals surface area contributed by atoms with E-state index in [1.54, 1.807) is 6.08 Å². The van der Waals surface area contributed by atoms with Crippen molar-refractivity contribution >= 4 is 19.8 Å². The molecule has 0 aromatic heterocycles. The molecule has 0 aliphatic heterocycles. The summed E-state index contributed by atoms with van der Waals surface area (Å²) < 4.78 is 32.6. The maximum absolute atomic E-state index is 12.6. The molecule has 0 saturated heterocycles. The minimum atomic E-state index is -4.66. The Bertz CT molecular complexity index is 1300. The Balaban J connectivity index is 4.51. The highest BCUT2D eigenvalue weighted by atomic mass is 31.2. The fraction of sp³-hybridized carbons (Fsp3) is 0.609. The molecular weight excluding hydrogens is 759 g/mol. The number of carbonyl (C=O) groups excluding carboxylic acids is 2. The van der Waals surface area contributed by atoms with E-state index in [1.807, 2.05) is 55.5 Å². The van der Waals surface area contributed by atoms with Crippen molar-refractivity contribution in [2.24, 2.45) is 0 Å². The van der Waals surface area contributed by atoms with Gasteiger partial charge in [-0.1, -0.05) is 137 Å². The third-order valence-electron chi connectivity index (χ3n) is 8.30. The Morgan fingerprint density at radius 3 is 1.76 bits per heavy atom. The average Bonchev–Trinajstić information content (AvgIpc) is 3.21. The molecule has 4 atom stereocenters. The highest BCUT2D eigenvalue weighted by molar-refractivity contribution is 7.47. The zero-order valence-corrected chi connectivity index (χ0v) is 36.2. The van der Waals surface area contributed by atoms with Crippen LogP contribution in [-0.2, 0) is 32.7 Å². The summed E-state index contributed by atoms with van der Waals surface area (Å²) in [5.74, 6) is -1.05. The standard InChI is InChI=1S/C46H75O11P/c1-3-5-7-8-9-10-11-12-13-14-15-16-20-23-26-29-32-36-45(50)54-40-44(41-56-58(52,53)55-39-43(49)38-47)57-46(51)37-33-30-27-24-21-18-17-19-22-25-28-31-35-42(48)34-6-4-2/h6,9-10,12-13,15-18,22,24-25,27-28,31,34,42-44,47-49H,3-5,7-8,11,14,19-21,23,26,29-30,32-33,35-41H2,1-2H3,(H,52,53)/b10-9-,13-12-,16-15-,18-17-,25-22-,27-24-,31-28+,34-6-/t42?,43-,44+/m0/s1.